The molecule has 2 rings (SSSR count). The smallest absolute Gasteiger partial charge is 0.243 e. The van der Waals surface area contributed by atoms with Gasteiger partial charge in [0.15, 0.2) is 0 Å². The van der Waals surface area contributed by atoms with Crippen LogP contribution in [0.2, 0.25) is 0 Å². The van der Waals surface area contributed by atoms with Gasteiger partial charge in [0.1, 0.15) is 0 Å². The van der Waals surface area contributed by atoms with E-state index in [4.69, 9.17) is 0 Å². The molecule has 0 radical (unpaired) electrons. The summed E-state index contributed by atoms with van der Waals surface area (Å²) >= 11 is 0. The fourth-order valence-electron chi connectivity index (χ4n) is 2.92. The number of hydrogen-bond donors (Lipinski definition) is 2. The predicted octanol–water partition coefficient (Wildman–Crippen LogP) is 2.33. The van der Waals surface area contributed by atoms with Crippen LogP contribution in [0.4, 0.5) is 5.69 Å². The molecule has 0 heterocycles. The van der Waals surface area contributed by atoms with Crippen molar-refractivity contribution in [1.29, 1.82) is 0 Å². The fourth-order valence-corrected chi connectivity index (χ4v) is 2.92. The minimum atomic E-state index is -0.308. The maximum atomic E-state index is 12.5. The molecule has 0 atom stereocenters. The van der Waals surface area contributed by atoms with Crippen molar-refractivity contribution in [1.82, 2.24) is 10.2 Å². The summed E-state index contributed by atoms with van der Waals surface area (Å²) in [5.74, 6) is -0.186. The predicted molar refractivity (Wildman–Crippen MR) is 102 cm³/mol. The van der Waals surface area contributed by atoms with Crippen LogP contribution >= 0.6 is 0 Å². The van der Waals surface area contributed by atoms with Crippen molar-refractivity contribution in [3.05, 3.63) is 29.8 Å². The average molecular weight is 359 g/mol. The van der Waals surface area contributed by atoms with Crippen molar-refractivity contribution in [2.45, 2.75) is 40.0 Å². The number of amides is 3. The third-order valence-electron chi connectivity index (χ3n) is 4.43. The highest BCUT2D eigenvalue weighted by Gasteiger charge is 2.30. The molecule has 1 aromatic rings. The Morgan fingerprint density at radius 3 is 2.50 bits per heavy atom. The minimum absolute atomic E-state index is 0.00520. The van der Waals surface area contributed by atoms with E-state index in [1.165, 1.54) is 0 Å². The molecule has 6 heteroatoms. The molecular weight excluding hydrogens is 330 g/mol. The zero-order valence-corrected chi connectivity index (χ0v) is 15.9. The van der Waals surface area contributed by atoms with Crippen LogP contribution in [0, 0.1) is 18.8 Å². The lowest BCUT2D eigenvalue weighted by atomic mass is 9.84. The molecule has 0 aromatic heterocycles. The van der Waals surface area contributed by atoms with Crippen molar-refractivity contribution >= 4 is 23.4 Å². The number of aryl methyl sites for hydroxylation is 1. The van der Waals surface area contributed by atoms with Gasteiger partial charge in [0.25, 0.3) is 0 Å². The number of nitrogens with one attached hydrogen (secondary N) is 2. The summed E-state index contributed by atoms with van der Waals surface area (Å²) in [5, 5.41) is 5.35. The molecule has 2 N–H and O–H groups in total. The minimum Gasteiger partial charge on any atom is -0.345 e. The summed E-state index contributed by atoms with van der Waals surface area (Å²) < 4.78 is 0. The van der Waals surface area contributed by atoms with Crippen LogP contribution < -0.4 is 10.6 Å². The number of benzene rings is 1. The van der Waals surface area contributed by atoms with E-state index in [0.717, 1.165) is 24.8 Å². The van der Waals surface area contributed by atoms with E-state index < -0.39 is 0 Å². The average Bonchev–Trinajstić information content (AvgIpc) is 2.50. The van der Waals surface area contributed by atoms with Crippen LogP contribution in [-0.4, -0.2) is 42.3 Å². The number of anilines is 1. The Bertz CT molecular complexity index is 653. The van der Waals surface area contributed by atoms with Crippen LogP contribution in [0.15, 0.2) is 24.3 Å². The SMILES string of the molecule is Cc1cccc(NC(=O)CNC(=O)CN(CC(C)C)C(=O)C2CCC2)c1. The van der Waals surface area contributed by atoms with Gasteiger partial charge >= 0.3 is 0 Å². The molecule has 1 fully saturated rings. The number of hydrogen-bond acceptors (Lipinski definition) is 3. The van der Waals surface area contributed by atoms with Crippen molar-refractivity contribution < 1.29 is 14.4 Å². The van der Waals surface area contributed by atoms with Crippen LogP contribution in [0.5, 0.6) is 0 Å². The van der Waals surface area contributed by atoms with Crippen molar-refractivity contribution in [3.8, 4) is 0 Å². The summed E-state index contributed by atoms with van der Waals surface area (Å²) in [6.07, 6.45) is 2.90. The Labute approximate surface area is 155 Å². The Morgan fingerprint density at radius 1 is 1.19 bits per heavy atom. The molecule has 0 bridgehead atoms. The van der Waals surface area contributed by atoms with E-state index in [1.54, 1.807) is 11.0 Å². The Kier molecular flexibility index (Phi) is 7.18. The van der Waals surface area contributed by atoms with Crippen LogP contribution in [-0.2, 0) is 14.4 Å². The molecule has 26 heavy (non-hydrogen) atoms. The monoisotopic (exact) mass is 359 g/mol. The Morgan fingerprint density at radius 2 is 1.92 bits per heavy atom. The highest BCUT2D eigenvalue weighted by Crippen LogP contribution is 2.28. The molecule has 1 aliphatic carbocycles. The Balaban J connectivity index is 1.81. The molecule has 0 spiro atoms. The molecule has 0 unspecified atom stereocenters. The fraction of sp³-hybridized carbons (Fsp3) is 0.550. The highest BCUT2D eigenvalue weighted by molar-refractivity contribution is 5.95. The van der Waals surface area contributed by atoms with Gasteiger partial charge < -0.3 is 15.5 Å². The summed E-state index contributed by atoms with van der Waals surface area (Å²) in [7, 11) is 0. The maximum absolute atomic E-state index is 12.5. The topological polar surface area (TPSA) is 78.5 Å². The van der Waals surface area contributed by atoms with Crippen LogP contribution in [0.25, 0.3) is 0 Å². The first-order valence-corrected chi connectivity index (χ1v) is 9.27. The molecule has 3 amide bonds. The quantitative estimate of drug-likeness (QED) is 0.748. The van der Waals surface area contributed by atoms with Crippen LogP contribution in [0.3, 0.4) is 0 Å². The van der Waals surface area contributed by atoms with Gasteiger partial charge in [-0.3, -0.25) is 14.4 Å². The lowest BCUT2D eigenvalue weighted by molar-refractivity contribution is -0.142. The second kappa shape index (κ2) is 9.36. The van der Waals surface area contributed by atoms with Gasteiger partial charge in [-0.15, -0.1) is 0 Å². The van der Waals surface area contributed by atoms with Crippen molar-refractivity contribution in [3.63, 3.8) is 0 Å². The second-order valence-corrected chi connectivity index (χ2v) is 7.43. The summed E-state index contributed by atoms with van der Waals surface area (Å²) in [6, 6.07) is 7.47. The van der Waals surface area contributed by atoms with Gasteiger partial charge in [-0.1, -0.05) is 32.4 Å². The first-order chi connectivity index (χ1) is 12.3. The standard InChI is InChI=1S/C20H29N3O3/c1-14(2)12-23(20(26)16-7-5-8-16)13-19(25)21-11-18(24)22-17-9-4-6-15(3)10-17/h4,6,9-10,14,16H,5,7-8,11-13H2,1-3H3,(H,21,25)(H,22,24). The van der Waals surface area contributed by atoms with Crippen molar-refractivity contribution in [2.75, 3.05) is 25.0 Å². The normalized spacial score (nSPS) is 13.8. The highest BCUT2D eigenvalue weighted by atomic mass is 16.2. The lowest BCUT2D eigenvalue weighted by Crippen LogP contribution is -2.47. The molecule has 1 aromatic carbocycles. The van der Waals surface area contributed by atoms with Gasteiger partial charge in [-0.25, -0.2) is 0 Å². The molecule has 6 nitrogen and oxygen atoms in total. The van der Waals surface area contributed by atoms with Gasteiger partial charge in [-0.05, 0) is 43.4 Å². The van der Waals surface area contributed by atoms with Gasteiger partial charge in [0.2, 0.25) is 17.7 Å². The third-order valence-corrected chi connectivity index (χ3v) is 4.43. The Hall–Kier alpha value is -2.37. The molecule has 142 valence electrons. The van der Waals surface area contributed by atoms with Crippen LogP contribution in [0.1, 0.15) is 38.7 Å². The van der Waals surface area contributed by atoms with Gasteiger partial charge in [0, 0.05) is 18.2 Å². The van der Waals surface area contributed by atoms with Crippen molar-refractivity contribution in [2.24, 2.45) is 11.8 Å². The molecule has 1 aliphatic rings. The summed E-state index contributed by atoms with van der Waals surface area (Å²) in [5.41, 5.74) is 1.75. The van der Waals surface area contributed by atoms with E-state index in [1.807, 2.05) is 39.0 Å². The molecular formula is C20H29N3O3. The number of carbonyl (C=O) groups excluding carboxylic acids is 3. The number of carbonyl (C=O) groups is 3. The summed E-state index contributed by atoms with van der Waals surface area (Å²) in [4.78, 5) is 38.3. The van der Waals surface area contributed by atoms with E-state index in [-0.39, 0.29) is 42.6 Å². The van der Waals surface area contributed by atoms with E-state index in [0.29, 0.717) is 12.2 Å². The van der Waals surface area contributed by atoms with Gasteiger partial charge in [0.05, 0.1) is 13.1 Å². The molecule has 0 aliphatic heterocycles. The van der Waals surface area contributed by atoms with E-state index >= 15 is 0 Å². The van der Waals surface area contributed by atoms with E-state index in [9.17, 15) is 14.4 Å². The zero-order chi connectivity index (χ0) is 19.1. The maximum Gasteiger partial charge on any atom is 0.243 e. The van der Waals surface area contributed by atoms with Gasteiger partial charge in [-0.2, -0.15) is 0 Å². The largest absolute Gasteiger partial charge is 0.345 e. The first kappa shape index (κ1) is 19.9. The van der Waals surface area contributed by atoms with E-state index in [2.05, 4.69) is 10.6 Å². The first-order valence-electron chi connectivity index (χ1n) is 9.27. The third kappa shape index (κ3) is 6.17. The zero-order valence-electron chi connectivity index (χ0n) is 15.9. The summed E-state index contributed by atoms with van der Waals surface area (Å²) in [6.45, 7) is 6.44. The molecule has 0 saturated heterocycles. The number of nitrogens with zero attached hydrogens (tertiary/aromatic N) is 1. The lowest BCUT2D eigenvalue weighted by Gasteiger charge is -2.32. The number of rotatable bonds is 8. The molecule has 1 saturated carbocycles. The second-order valence-electron chi connectivity index (χ2n) is 7.43.